The van der Waals surface area contributed by atoms with Gasteiger partial charge in [0.1, 0.15) is 0 Å². The summed E-state index contributed by atoms with van der Waals surface area (Å²) in [4.78, 5) is 7.57. The van der Waals surface area contributed by atoms with Crippen molar-refractivity contribution in [2.24, 2.45) is 0 Å². The second-order valence-electron chi connectivity index (χ2n) is 14.8. The fourth-order valence-corrected chi connectivity index (χ4v) is 8.81. The number of hydrogen-bond acceptors (Lipinski definition) is 3. The molecule has 2 heterocycles. The topological polar surface area (TPSA) is 25.4 Å². The molecule has 0 spiro atoms. The minimum atomic E-state index is -0.244. The highest BCUT2D eigenvalue weighted by molar-refractivity contribution is 6.26. The lowest BCUT2D eigenvalue weighted by molar-refractivity contribution is 0.476. The van der Waals surface area contributed by atoms with Crippen molar-refractivity contribution in [2.45, 2.75) is 19.3 Å². The highest BCUT2D eigenvalue weighted by Crippen LogP contribution is 2.58. The van der Waals surface area contributed by atoms with Gasteiger partial charge in [0.25, 0.3) is 0 Å². The van der Waals surface area contributed by atoms with Gasteiger partial charge in [0, 0.05) is 16.5 Å². The van der Waals surface area contributed by atoms with Crippen LogP contribution in [0.2, 0.25) is 0 Å². The van der Waals surface area contributed by atoms with Crippen LogP contribution in [0.1, 0.15) is 25.0 Å². The van der Waals surface area contributed by atoms with Crippen molar-refractivity contribution in [3.8, 4) is 45.1 Å². The normalized spacial score (nSPS) is 13.7. The Balaban J connectivity index is 1.16. The van der Waals surface area contributed by atoms with Crippen molar-refractivity contribution in [2.75, 3.05) is 4.90 Å². The summed E-state index contributed by atoms with van der Waals surface area (Å²) in [6.07, 6.45) is 0. The lowest BCUT2D eigenvalue weighted by Crippen LogP contribution is -2.19. The number of benzene rings is 8. The first-order chi connectivity index (χ1) is 26.0. The molecule has 0 amide bonds. The third-order valence-corrected chi connectivity index (χ3v) is 11.4. The molecular formula is C50H34N2O. The number of aromatic nitrogens is 1. The number of pyridine rings is 1. The Morgan fingerprint density at radius 2 is 0.925 bits per heavy atom. The zero-order chi connectivity index (χ0) is 35.3. The summed E-state index contributed by atoms with van der Waals surface area (Å²) in [6, 6.07) is 60.9. The van der Waals surface area contributed by atoms with Crippen LogP contribution in [0.5, 0.6) is 11.5 Å². The Labute approximate surface area is 308 Å². The fourth-order valence-electron chi connectivity index (χ4n) is 8.81. The summed E-state index contributed by atoms with van der Waals surface area (Å²) >= 11 is 0. The molecule has 0 unspecified atom stereocenters. The van der Waals surface area contributed by atoms with E-state index in [1.54, 1.807) is 0 Å². The largest absolute Gasteiger partial charge is 0.453 e. The highest BCUT2D eigenvalue weighted by atomic mass is 16.5. The second kappa shape index (κ2) is 11.1. The van der Waals surface area contributed by atoms with E-state index in [0.717, 1.165) is 51.1 Å². The van der Waals surface area contributed by atoms with Gasteiger partial charge in [-0.05, 0) is 103 Å². The van der Waals surface area contributed by atoms with Crippen LogP contribution in [0.4, 0.5) is 17.1 Å². The Hall–Kier alpha value is -6.71. The molecule has 0 bridgehead atoms. The lowest BCUT2D eigenvalue weighted by Gasteiger charge is -2.34. The van der Waals surface area contributed by atoms with Crippen LogP contribution in [-0.4, -0.2) is 4.98 Å². The smallest absolute Gasteiger partial charge is 0.152 e. The minimum Gasteiger partial charge on any atom is -0.453 e. The molecule has 53 heavy (non-hydrogen) atoms. The Bertz CT molecular complexity index is 2890. The molecule has 1 aromatic heterocycles. The number of para-hydroxylation sites is 2. The van der Waals surface area contributed by atoms with Crippen LogP contribution >= 0.6 is 0 Å². The van der Waals surface area contributed by atoms with Crippen LogP contribution < -0.4 is 9.64 Å². The molecule has 3 heteroatoms. The number of ether oxygens (including phenoxy) is 1. The van der Waals surface area contributed by atoms with Gasteiger partial charge in [0.2, 0.25) is 0 Å². The average Bonchev–Trinajstić information content (AvgIpc) is 3.43. The van der Waals surface area contributed by atoms with Gasteiger partial charge in [0.15, 0.2) is 11.5 Å². The maximum atomic E-state index is 6.83. The second-order valence-corrected chi connectivity index (χ2v) is 14.8. The predicted octanol–water partition coefficient (Wildman–Crippen LogP) is 13.8. The minimum absolute atomic E-state index is 0.244. The molecule has 0 saturated heterocycles. The summed E-state index contributed by atoms with van der Waals surface area (Å²) in [5, 5.41) is 7.74. The molecule has 250 valence electrons. The summed E-state index contributed by atoms with van der Waals surface area (Å²) in [7, 11) is 0. The summed E-state index contributed by atoms with van der Waals surface area (Å²) in [6.45, 7) is 4.74. The van der Waals surface area contributed by atoms with Gasteiger partial charge in [-0.2, -0.15) is 0 Å². The molecule has 11 rings (SSSR count). The van der Waals surface area contributed by atoms with Crippen molar-refractivity contribution in [1.82, 2.24) is 4.98 Å². The van der Waals surface area contributed by atoms with E-state index in [9.17, 15) is 0 Å². The third-order valence-electron chi connectivity index (χ3n) is 11.4. The van der Waals surface area contributed by atoms with Crippen molar-refractivity contribution in [3.63, 3.8) is 0 Å². The number of hydrogen-bond donors (Lipinski definition) is 0. The maximum Gasteiger partial charge on any atom is 0.152 e. The molecule has 0 N–H and O–H groups in total. The zero-order valence-corrected chi connectivity index (χ0v) is 29.5. The monoisotopic (exact) mass is 678 g/mol. The van der Waals surface area contributed by atoms with Crippen LogP contribution in [0, 0.1) is 0 Å². The standard InChI is InChI=1S/C50H34N2O/c1-50(2)42-28-39-37-22-12-10-20-35(37)34-19-9-11-21-36(34)38(39)27-40(42)41-29-49-47(30-43(41)50)52(46-23-13-14-24-48(46)53-49)33-25-44(31-15-5-3-6-16-31)51-45(26-33)32-17-7-4-8-18-32/h3-30H,1-2H3. The van der Waals surface area contributed by atoms with Crippen LogP contribution in [0.3, 0.4) is 0 Å². The lowest BCUT2D eigenvalue weighted by atomic mass is 9.81. The van der Waals surface area contributed by atoms with Crippen LogP contribution in [-0.2, 0) is 5.41 Å². The Kier molecular flexibility index (Phi) is 6.30. The van der Waals surface area contributed by atoms with Gasteiger partial charge < -0.3 is 9.64 Å². The van der Waals surface area contributed by atoms with E-state index in [1.807, 2.05) is 18.2 Å². The zero-order valence-electron chi connectivity index (χ0n) is 29.5. The molecule has 9 aromatic rings. The molecule has 1 aliphatic heterocycles. The van der Waals surface area contributed by atoms with Gasteiger partial charge in [0.05, 0.1) is 28.5 Å². The Morgan fingerprint density at radius 1 is 0.434 bits per heavy atom. The highest BCUT2D eigenvalue weighted by Gasteiger charge is 2.39. The molecule has 2 aliphatic rings. The third kappa shape index (κ3) is 4.44. The molecule has 0 radical (unpaired) electrons. The van der Waals surface area contributed by atoms with Crippen molar-refractivity contribution < 1.29 is 4.74 Å². The first-order valence-corrected chi connectivity index (χ1v) is 18.3. The molecule has 0 saturated carbocycles. The molecule has 3 nitrogen and oxygen atoms in total. The van der Waals surface area contributed by atoms with E-state index in [2.05, 4.69) is 170 Å². The maximum absolute atomic E-state index is 6.83. The molecule has 0 fully saturated rings. The van der Waals surface area contributed by atoms with E-state index >= 15 is 0 Å². The predicted molar refractivity (Wildman–Crippen MR) is 220 cm³/mol. The molecule has 0 atom stereocenters. The van der Waals surface area contributed by atoms with E-state index in [1.165, 1.54) is 54.6 Å². The van der Waals surface area contributed by atoms with E-state index in [0.29, 0.717) is 0 Å². The molecular weight excluding hydrogens is 645 g/mol. The number of nitrogens with zero attached hydrogens (tertiary/aromatic N) is 2. The van der Waals surface area contributed by atoms with Crippen LogP contribution in [0.25, 0.3) is 66.0 Å². The quantitative estimate of drug-likeness (QED) is 0.174. The first kappa shape index (κ1) is 30.0. The number of rotatable bonds is 3. The van der Waals surface area contributed by atoms with E-state index in [4.69, 9.17) is 9.72 Å². The average molecular weight is 679 g/mol. The van der Waals surface area contributed by atoms with Crippen LogP contribution in [0.15, 0.2) is 170 Å². The van der Waals surface area contributed by atoms with Crippen molar-refractivity contribution in [3.05, 3.63) is 181 Å². The fraction of sp³-hybridized carbons (Fsp3) is 0.0600. The van der Waals surface area contributed by atoms with Crippen molar-refractivity contribution in [1.29, 1.82) is 0 Å². The Morgan fingerprint density at radius 3 is 1.55 bits per heavy atom. The summed E-state index contributed by atoms with van der Waals surface area (Å²) in [5.74, 6) is 1.67. The van der Waals surface area contributed by atoms with Gasteiger partial charge in [-0.3, -0.25) is 0 Å². The van der Waals surface area contributed by atoms with Gasteiger partial charge >= 0.3 is 0 Å². The van der Waals surface area contributed by atoms with Gasteiger partial charge in [-0.1, -0.05) is 135 Å². The van der Waals surface area contributed by atoms with Gasteiger partial charge in [-0.15, -0.1) is 0 Å². The van der Waals surface area contributed by atoms with E-state index < -0.39 is 0 Å². The number of anilines is 3. The summed E-state index contributed by atoms with van der Waals surface area (Å²) in [5.41, 5.74) is 11.9. The van der Waals surface area contributed by atoms with E-state index in [-0.39, 0.29) is 5.41 Å². The summed E-state index contributed by atoms with van der Waals surface area (Å²) < 4.78 is 6.83. The van der Waals surface area contributed by atoms with Gasteiger partial charge in [-0.25, -0.2) is 4.98 Å². The number of fused-ring (bicyclic) bond motifs is 11. The van der Waals surface area contributed by atoms with Crippen molar-refractivity contribution >= 4 is 49.4 Å². The first-order valence-electron chi connectivity index (χ1n) is 18.3. The molecule has 8 aromatic carbocycles. The molecule has 1 aliphatic carbocycles. The SMILES string of the molecule is CC1(C)c2cc3c(cc2-c2cc4c5ccccc5c5ccccc5c4cc21)Oc1ccccc1N3c1cc(-c2ccccc2)nc(-c2ccccc2)c1.